The minimum absolute atomic E-state index is 0.0410. The number of halogens is 1. The second-order valence-corrected chi connectivity index (χ2v) is 5.85. The van der Waals surface area contributed by atoms with Gasteiger partial charge < -0.3 is 14.5 Å². The lowest BCUT2D eigenvalue weighted by Gasteiger charge is -2.14. The first-order chi connectivity index (χ1) is 10.5. The van der Waals surface area contributed by atoms with Crippen molar-refractivity contribution < 1.29 is 13.9 Å². The molecule has 5 heteroatoms. The first-order valence-electron chi connectivity index (χ1n) is 7.19. The molecular weight excluding hydrogens is 302 g/mol. The number of furan rings is 1. The highest BCUT2D eigenvalue weighted by atomic mass is 35.5. The molecular formula is C17H20ClNO3. The van der Waals surface area contributed by atoms with Crippen LogP contribution < -0.4 is 10.1 Å². The van der Waals surface area contributed by atoms with E-state index in [1.165, 1.54) is 0 Å². The van der Waals surface area contributed by atoms with Crippen LogP contribution in [-0.2, 0) is 11.3 Å². The number of ether oxygens (including phenoxy) is 1. The van der Waals surface area contributed by atoms with Crippen LogP contribution in [0.1, 0.15) is 36.7 Å². The predicted molar refractivity (Wildman–Crippen MR) is 86.3 cm³/mol. The molecule has 0 aliphatic heterocycles. The molecule has 0 spiro atoms. The lowest BCUT2D eigenvalue weighted by atomic mass is 10.0. The van der Waals surface area contributed by atoms with Crippen LogP contribution in [-0.4, -0.2) is 12.5 Å². The second-order valence-electron chi connectivity index (χ2n) is 5.44. The molecule has 0 bridgehead atoms. The van der Waals surface area contributed by atoms with Crippen LogP contribution in [0.5, 0.6) is 5.75 Å². The summed E-state index contributed by atoms with van der Waals surface area (Å²) in [4.78, 5) is 11.8. The summed E-state index contributed by atoms with van der Waals surface area (Å²) in [7, 11) is 0. The topological polar surface area (TPSA) is 51.5 Å². The maximum atomic E-state index is 11.8. The highest BCUT2D eigenvalue weighted by Crippen LogP contribution is 2.31. The SMILES string of the molecule is Cc1cc(Cl)c(C(C)C)cc1OCC(=O)NCc1ccco1. The Morgan fingerprint density at radius 3 is 2.82 bits per heavy atom. The fourth-order valence-corrected chi connectivity index (χ4v) is 2.50. The molecule has 1 aromatic heterocycles. The molecule has 2 aromatic rings. The average Bonchev–Trinajstić information content (AvgIpc) is 2.97. The zero-order chi connectivity index (χ0) is 16.1. The first kappa shape index (κ1) is 16.4. The summed E-state index contributed by atoms with van der Waals surface area (Å²) in [5, 5.41) is 3.46. The monoisotopic (exact) mass is 321 g/mol. The number of hydrogen-bond donors (Lipinski definition) is 1. The van der Waals surface area contributed by atoms with Crippen molar-refractivity contribution in [2.75, 3.05) is 6.61 Å². The molecule has 1 amide bonds. The third kappa shape index (κ3) is 4.28. The van der Waals surface area contributed by atoms with Crippen molar-refractivity contribution in [3.05, 3.63) is 52.4 Å². The molecule has 0 aliphatic rings. The van der Waals surface area contributed by atoms with Gasteiger partial charge in [-0.2, -0.15) is 0 Å². The van der Waals surface area contributed by atoms with Gasteiger partial charge in [0.2, 0.25) is 0 Å². The smallest absolute Gasteiger partial charge is 0.258 e. The van der Waals surface area contributed by atoms with E-state index in [2.05, 4.69) is 19.2 Å². The number of amides is 1. The quantitative estimate of drug-likeness (QED) is 0.873. The van der Waals surface area contributed by atoms with Crippen LogP contribution in [0.3, 0.4) is 0 Å². The van der Waals surface area contributed by atoms with Crippen molar-refractivity contribution in [1.29, 1.82) is 0 Å². The van der Waals surface area contributed by atoms with Crippen LogP contribution in [0, 0.1) is 6.92 Å². The molecule has 0 unspecified atom stereocenters. The van der Waals surface area contributed by atoms with Crippen LogP contribution in [0.2, 0.25) is 5.02 Å². The van der Waals surface area contributed by atoms with Gasteiger partial charge in [0.25, 0.3) is 5.91 Å². The number of carbonyl (C=O) groups excluding carboxylic acids is 1. The van der Waals surface area contributed by atoms with Crippen molar-refractivity contribution in [2.45, 2.75) is 33.2 Å². The number of hydrogen-bond acceptors (Lipinski definition) is 3. The molecule has 1 heterocycles. The molecule has 0 aliphatic carbocycles. The Morgan fingerprint density at radius 1 is 1.41 bits per heavy atom. The molecule has 0 saturated heterocycles. The molecule has 0 atom stereocenters. The van der Waals surface area contributed by atoms with Gasteiger partial charge in [0.1, 0.15) is 11.5 Å². The van der Waals surface area contributed by atoms with E-state index in [-0.39, 0.29) is 12.5 Å². The van der Waals surface area contributed by atoms with Crippen LogP contribution in [0.25, 0.3) is 0 Å². The molecule has 1 aromatic carbocycles. The minimum Gasteiger partial charge on any atom is -0.483 e. The molecule has 118 valence electrons. The summed E-state index contributed by atoms with van der Waals surface area (Å²) in [6.07, 6.45) is 1.57. The molecule has 1 N–H and O–H groups in total. The summed E-state index contributed by atoms with van der Waals surface area (Å²) < 4.78 is 10.8. The molecule has 22 heavy (non-hydrogen) atoms. The molecule has 0 fully saturated rings. The standard InChI is InChI=1S/C17H20ClNO3/c1-11(2)14-8-16(12(3)7-15(14)18)22-10-17(20)19-9-13-5-4-6-21-13/h4-8,11H,9-10H2,1-3H3,(H,19,20). The van der Waals surface area contributed by atoms with E-state index in [1.54, 1.807) is 18.4 Å². The molecule has 2 rings (SSSR count). The van der Waals surface area contributed by atoms with Crippen LogP contribution in [0.4, 0.5) is 0 Å². The molecule has 4 nitrogen and oxygen atoms in total. The van der Waals surface area contributed by atoms with E-state index in [9.17, 15) is 4.79 Å². The third-order valence-electron chi connectivity index (χ3n) is 3.31. The van der Waals surface area contributed by atoms with Crippen LogP contribution >= 0.6 is 11.6 Å². The summed E-state index contributed by atoms with van der Waals surface area (Å²) in [6, 6.07) is 7.36. The number of carbonyl (C=O) groups is 1. The van der Waals surface area contributed by atoms with Gasteiger partial charge >= 0.3 is 0 Å². The van der Waals surface area contributed by atoms with Gasteiger partial charge in [0, 0.05) is 5.02 Å². The predicted octanol–water partition coefficient (Wildman–Crippen LogP) is 4.06. The van der Waals surface area contributed by atoms with Gasteiger partial charge in [-0.1, -0.05) is 25.4 Å². The van der Waals surface area contributed by atoms with Gasteiger partial charge in [-0.3, -0.25) is 4.79 Å². The number of nitrogens with one attached hydrogen (secondary N) is 1. The van der Waals surface area contributed by atoms with E-state index >= 15 is 0 Å². The molecule has 0 radical (unpaired) electrons. The zero-order valence-corrected chi connectivity index (χ0v) is 13.7. The fraction of sp³-hybridized carbons (Fsp3) is 0.353. The van der Waals surface area contributed by atoms with Crippen molar-refractivity contribution in [2.24, 2.45) is 0 Å². The number of aryl methyl sites for hydroxylation is 1. The summed E-state index contributed by atoms with van der Waals surface area (Å²) in [5.41, 5.74) is 1.92. The Morgan fingerprint density at radius 2 is 2.18 bits per heavy atom. The van der Waals surface area contributed by atoms with Crippen molar-refractivity contribution in [3.8, 4) is 5.75 Å². The Balaban J connectivity index is 1.93. The van der Waals surface area contributed by atoms with Crippen LogP contribution in [0.15, 0.2) is 34.9 Å². The molecule has 0 saturated carbocycles. The summed E-state index contributed by atoms with van der Waals surface area (Å²) in [6.45, 7) is 6.35. The third-order valence-corrected chi connectivity index (χ3v) is 3.64. The maximum Gasteiger partial charge on any atom is 0.258 e. The van der Waals surface area contributed by atoms with Gasteiger partial charge in [0.15, 0.2) is 6.61 Å². The van der Waals surface area contributed by atoms with Crippen molar-refractivity contribution in [1.82, 2.24) is 5.32 Å². The number of rotatable bonds is 6. The highest BCUT2D eigenvalue weighted by Gasteiger charge is 2.11. The zero-order valence-electron chi connectivity index (χ0n) is 13.0. The fourth-order valence-electron chi connectivity index (χ4n) is 2.06. The summed E-state index contributed by atoms with van der Waals surface area (Å²) in [5.74, 6) is 1.49. The first-order valence-corrected chi connectivity index (χ1v) is 7.57. The van der Waals surface area contributed by atoms with Crippen molar-refractivity contribution in [3.63, 3.8) is 0 Å². The van der Waals surface area contributed by atoms with Crippen molar-refractivity contribution >= 4 is 17.5 Å². The lowest BCUT2D eigenvalue weighted by Crippen LogP contribution is -2.28. The van der Waals surface area contributed by atoms with E-state index in [4.69, 9.17) is 20.8 Å². The van der Waals surface area contributed by atoms with Gasteiger partial charge in [0.05, 0.1) is 12.8 Å². The Kier molecular flexibility index (Phi) is 5.50. The lowest BCUT2D eigenvalue weighted by molar-refractivity contribution is -0.123. The Hall–Kier alpha value is -1.94. The average molecular weight is 322 g/mol. The summed E-state index contributed by atoms with van der Waals surface area (Å²) >= 11 is 6.22. The van der Waals surface area contributed by atoms with Gasteiger partial charge in [-0.25, -0.2) is 0 Å². The minimum atomic E-state index is -0.197. The Labute approximate surface area is 135 Å². The van der Waals surface area contributed by atoms with E-state index in [0.717, 1.165) is 16.1 Å². The second kappa shape index (κ2) is 7.36. The number of benzene rings is 1. The maximum absolute atomic E-state index is 11.8. The normalized spacial score (nSPS) is 10.8. The van der Waals surface area contributed by atoms with Gasteiger partial charge in [-0.05, 0) is 48.2 Å². The van der Waals surface area contributed by atoms with E-state index < -0.39 is 0 Å². The highest BCUT2D eigenvalue weighted by molar-refractivity contribution is 6.31. The van der Waals surface area contributed by atoms with E-state index in [0.29, 0.717) is 24.0 Å². The Bertz CT molecular complexity index is 636. The largest absolute Gasteiger partial charge is 0.483 e. The van der Waals surface area contributed by atoms with E-state index in [1.807, 2.05) is 19.1 Å². The van der Waals surface area contributed by atoms with Gasteiger partial charge in [-0.15, -0.1) is 0 Å².